The van der Waals surface area contributed by atoms with Crippen LogP contribution >= 0.6 is 0 Å². The topological polar surface area (TPSA) is 26.0 Å². The molecule has 0 saturated carbocycles. The second-order valence-corrected chi connectivity index (χ2v) is 7.32. The molecule has 0 aliphatic carbocycles. The van der Waals surface area contributed by atoms with Crippen molar-refractivity contribution in [1.82, 2.24) is 0 Å². The second kappa shape index (κ2) is 6.92. The highest BCUT2D eigenvalue weighted by Crippen LogP contribution is 2.38. The highest BCUT2D eigenvalue weighted by Gasteiger charge is 2.13. The molecule has 0 bridgehead atoms. The summed E-state index contributed by atoms with van der Waals surface area (Å²) in [6.07, 6.45) is 9.01. The summed E-state index contributed by atoms with van der Waals surface area (Å²) in [6, 6.07) is 17.7. The summed E-state index contributed by atoms with van der Waals surface area (Å²) in [7, 11) is 0. The van der Waals surface area contributed by atoms with Crippen molar-refractivity contribution in [2.75, 3.05) is 5.73 Å². The fourth-order valence-electron chi connectivity index (χ4n) is 4.25. The number of hydrogen-bond acceptors (Lipinski definition) is 1. The van der Waals surface area contributed by atoms with Gasteiger partial charge in [0.25, 0.3) is 0 Å². The van der Waals surface area contributed by atoms with Crippen molar-refractivity contribution in [3.63, 3.8) is 0 Å². The van der Waals surface area contributed by atoms with E-state index >= 15 is 0 Å². The molecule has 0 aromatic heterocycles. The molecule has 4 rings (SSSR count). The standard InChI is InChI=1S/C24H27N/c1-2-3-4-5-6-7-11-20-21-15-14-18-10-8-9-17-12-13-19(16-22(20)25)24(21)23(17)18/h8-10,12-16H,2-7,11,25H2,1H3. The lowest BCUT2D eigenvalue weighted by Crippen LogP contribution is -1.98. The van der Waals surface area contributed by atoms with Crippen molar-refractivity contribution < 1.29 is 0 Å². The van der Waals surface area contributed by atoms with Gasteiger partial charge < -0.3 is 5.73 Å². The minimum Gasteiger partial charge on any atom is -0.398 e. The molecule has 0 heterocycles. The largest absolute Gasteiger partial charge is 0.398 e. The van der Waals surface area contributed by atoms with Gasteiger partial charge in [-0.1, -0.05) is 81.5 Å². The molecule has 0 unspecified atom stereocenters. The Morgan fingerprint density at radius 2 is 1.40 bits per heavy atom. The van der Waals surface area contributed by atoms with Crippen molar-refractivity contribution in [1.29, 1.82) is 0 Å². The lowest BCUT2D eigenvalue weighted by molar-refractivity contribution is 0.608. The summed E-state index contributed by atoms with van der Waals surface area (Å²) in [5.74, 6) is 0. The minimum absolute atomic E-state index is 0.958. The summed E-state index contributed by atoms with van der Waals surface area (Å²) < 4.78 is 0. The van der Waals surface area contributed by atoms with Gasteiger partial charge in [-0.05, 0) is 56.8 Å². The van der Waals surface area contributed by atoms with Crippen molar-refractivity contribution >= 4 is 38.0 Å². The van der Waals surface area contributed by atoms with Crippen LogP contribution in [0.2, 0.25) is 0 Å². The van der Waals surface area contributed by atoms with E-state index in [2.05, 4.69) is 55.5 Å². The van der Waals surface area contributed by atoms with E-state index in [0.29, 0.717) is 0 Å². The SMILES string of the molecule is CCCCCCCCc1c(N)cc2ccc3cccc4ccc1c2c34. The predicted octanol–water partition coefficient (Wildman–Crippen LogP) is 7.07. The van der Waals surface area contributed by atoms with E-state index in [1.807, 2.05) is 0 Å². The van der Waals surface area contributed by atoms with Gasteiger partial charge in [0.05, 0.1) is 0 Å². The number of hydrogen-bond donors (Lipinski definition) is 1. The highest BCUT2D eigenvalue weighted by molar-refractivity contribution is 6.24. The van der Waals surface area contributed by atoms with Crippen LogP contribution in [0.1, 0.15) is 51.0 Å². The quantitative estimate of drug-likeness (QED) is 0.219. The predicted molar refractivity (Wildman–Crippen MR) is 112 cm³/mol. The first kappa shape index (κ1) is 16.2. The Hall–Kier alpha value is -2.28. The van der Waals surface area contributed by atoms with E-state index in [9.17, 15) is 0 Å². The van der Waals surface area contributed by atoms with E-state index in [4.69, 9.17) is 5.73 Å². The van der Waals surface area contributed by atoms with Gasteiger partial charge in [0.2, 0.25) is 0 Å². The van der Waals surface area contributed by atoms with Crippen LogP contribution < -0.4 is 5.73 Å². The molecule has 1 nitrogen and oxygen atoms in total. The summed E-state index contributed by atoms with van der Waals surface area (Å²) in [4.78, 5) is 0. The summed E-state index contributed by atoms with van der Waals surface area (Å²) >= 11 is 0. The van der Waals surface area contributed by atoms with Crippen LogP contribution in [-0.4, -0.2) is 0 Å². The average molecular weight is 329 g/mol. The molecule has 0 aliphatic rings. The summed E-state index contributed by atoms with van der Waals surface area (Å²) in [5.41, 5.74) is 8.76. The Morgan fingerprint density at radius 1 is 0.720 bits per heavy atom. The second-order valence-electron chi connectivity index (χ2n) is 7.32. The molecule has 4 aromatic carbocycles. The molecule has 0 amide bonds. The van der Waals surface area contributed by atoms with Crippen LogP contribution in [0.25, 0.3) is 32.3 Å². The molecule has 0 atom stereocenters. The van der Waals surface area contributed by atoms with Crippen LogP contribution in [0.3, 0.4) is 0 Å². The van der Waals surface area contributed by atoms with Gasteiger partial charge in [0.15, 0.2) is 0 Å². The first-order valence-corrected chi connectivity index (χ1v) is 9.74. The number of nitrogens with two attached hydrogens (primary N) is 1. The smallest absolute Gasteiger partial charge is 0.0359 e. The zero-order valence-corrected chi connectivity index (χ0v) is 15.1. The molecule has 0 radical (unpaired) electrons. The molecule has 4 aromatic rings. The molecule has 0 aliphatic heterocycles. The zero-order chi connectivity index (χ0) is 17.2. The van der Waals surface area contributed by atoms with Gasteiger partial charge in [-0.15, -0.1) is 0 Å². The van der Waals surface area contributed by atoms with E-state index < -0.39 is 0 Å². The fraction of sp³-hybridized carbons (Fsp3) is 0.333. The van der Waals surface area contributed by atoms with Crippen molar-refractivity contribution in [3.8, 4) is 0 Å². The maximum absolute atomic E-state index is 6.46. The Morgan fingerprint density at radius 3 is 2.20 bits per heavy atom. The molecule has 128 valence electrons. The number of rotatable bonds is 7. The monoisotopic (exact) mass is 329 g/mol. The summed E-state index contributed by atoms with van der Waals surface area (Å²) in [6.45, 7) is 2.27. The lowest BCUT2D eigenvalue weighted by atomic mass is 9.89. The number of aryl methyl sites for hydroxylation is 1. The summed E-state index contributed by atoms with van der Waals surface area (Å²) in [5, 5.41) is 8.06. The van der Waals surface area contributed by atoms with E-state index in [1.165, 1.54) is 76.4 Å². The normalized spacial score (nSPS) is 11.9. The first-order valence-electron chi connectivity index (χ1n) is 9.74. The number of anilines is 1. The van der Waals surface area contributed by atoms with E-state index in [-0.39, 0.29) is 0 Å². The molecule has 0 fully saturated rings. The Balaban J connectivity index is 1.72. The van der Waals surface area contributed by atoms with Gasteiger partial charge >= 0.3 is 0 Å². The number of unbranched alkanes of at least 4 members (excludes halogenated alkanes) is 5. The number of nitrogen functional groups attached to an aromatic ring is 1. The molecule has 0 spiro atoms. The Labute approximate surface area is 150 Å². The molecule has 25 heavy (non-hydrogen) atoms. The van der Waals surface area contributed by atoms with Crippen LogP contribution in [0.15, 0.2) is 48.5 Å². The van der Waals surface area contributed by atoms with Gasteiger partial charge in [-0.2, -0.15) is 0 Å². The average Bonchev–Trinajstić information content (AvgIpc) is 2.64. The van der Waals surface area contributed by atoms with E-state index in [0.717, 1.165) is 12.1 Å². The Kier molecular flexibility index (Phi) is 4.48. The van der Waals surface area contributed by atoms with Gasteiger partial charge in [0.1, 0.15) is 0 Å². The molecular formula is C24H27N. The maximum atomic E-state index is 6.46. The van der Waals surface area contributed by atoms with Crippen LogP contribution in [0.5, 0.6) is 0 Å². The first-order chi connectivity index (χ1) is 12.3. The fourth-order valence-corrected chi connectivity index (χ4v) is 4.25. The molecule has 1 heteroatoms. The van der Waals surface area contributed by atoms with Crippen LogP contribution in [0.4, 0.5) is 5.69 Å². The number of benzene rings is 4. The van der Waals surface area contributed by atoms with Crippen molar-refractivity contribution in [2.24, 2.45) is 0 Å². The third-order valence-electron chi connectivity index (χ3n) is 5.57. The van der Waals surface area contributed by atoms with Crippen LogP contribution in [-0.2, 0) is 6.42 Å². The Bertz CT molecular complexity index is 983. The van der Waals surface area contributed by atoms with Crippen molar-refractivity contribution in [2.45, 2.75) is 51.9 Å². The minimum atomic E-state index is 0.958. The third-order valence-corrected chi connectivity index (χ3v) is 5.57. The molecule has 2 N–H and O–H groups in total. The van der Waals surface area contributed by atoms with Gasteiger partial charge in [-0.3, -0.25) is 0 Å². The molecular weight excluding hydrogens is 302 g/mol. The van der Waals surface area contributed by atoms with Gasteiger partial charge in [0, 0.05) is 5.69 Å². The lowest BCUT2D eigenvalue weighted by Gasteiger charge is -2.16. The molecule has 0 saturated heterocycles. The van der Waals surface area contributed by atoms with Gasteiger partial charge in [-0.25, -0.2) is 0 Å². The highest BCUT2D eigenvalue weighted by atomic mass is 14.6. The van der Waals surface area contributed by atoms with Crippen molar-refractivity contribution in [3.05, 3.63) is 54.1 Å². The zero-order valence-electron chi connectivity index (χ0n) is 15.1. The maximum Gasteiger partial charge on any atom is 0.0359 e. The third kappa shape index (κ3) is 2.93. The van der Waals surface area contributed by atoms with E-state index in [1.54, 1.807) is 0 Å². The van der Waals surface area contributed by atoms with Crippen LogP contribution in [0, 0.1) is 0 Å².